The average molecular weight is 241 g/mol. The fourth-order valence-corrected chi connectivity index (χ4v) is 1.77. The van der Waals surface area contributed by atoms with Crippen molar-refractivity contribution in [1.82, 2.24) is 4.98 Å². The van der Waals surface area contributed by atoms with Gasteiger partial charge in [0.15, 0.2) is 0 Å². The molecule has 0 radical (unpaired) electrons. The number of pyridine rings is 1. The second-order valence-electron chi connectivity index (χ2n) is 4.15. The van der Waals surface area contributed by atoms with Gasteiger partial charge < -0.3 is 9.64 Å². The van der Waals surface area contributed by atoms with Crippen LogP contribution in [0.15, 0.2) is 18.3 Å². The topological polar surface area (TPSA) is 42.4 Å². The molecule has 16 heavy (non-hydrogen) atoms. The normalized spacial score (nSPS) is 19.9. The zero-order valence-electron chi connectivity index (χ0n) is 9.24. The molecule has 1 amide bonds. The predicted molar refractivity (Wildman–Crippen MR) is 61.6 cm³/mol. The highest BCUT2D eigenvalue weighted by atomic mass is 35.5. The highest BCUT2D eigenvalue weighted by molar-refractivity contribution is 6.29. The van der Waals surface area contributed by atoms with Crippen LogP contribution in [0, 0.1) is 0 Å². The zero-order valence-corrected chi connectivity index (χ0v) is 9.99. The van der Waals surface area contributed by atoms with Gasteiger partial charge in [-0.2, -0.15) is 0 Å². The third-order valence-corrected chi connectivity index (χ3v) is 2.79. The van der Waals surface area contributed by atoms with E-state index >= 15 is 0 Å². The summed E-state index contributed by atoms with van der Waals surface area (Å²) in [6.45, 7) is 4.61. The van der Waals surface area contributed by atoms with Crippen LogP contribution in [0.1, 0.15) is 13.8 Å². The number of nitrogens with zero attached hydrogens (tertiary/aromatic N) is 2. The molecule has 86 valence electrons. The molecule has 1 fully saturated rings. The van der Waals surface area contributed by atoms with E-state index in [0.29, 0.717) is 18.3 Å². The molecule has 1 aromatic heterocycles. The number of hydrogen-bond acceptors (Lipinski definition) is 3. The van der Waals surface area contributed by atoms with Crippen molar-refractivity contribution in [2.45, 2.75) is 19.4 Å². The van der Waals surface area contributed by atoms with Crippen LogP contribution in [0.2, 0.25) is 5.15 Å². The Labute approximate surface area is 99.2 Å². The van der Waals surface area contributed by atoms with E-state index in [4.69, 9.17) is 16.3 Å². The first-order valence-electron chi connectivity index (χ1n) is 5.08. The molecule has 0 bridgehead atoms. The smallest absolute Gasteiger partial charge is 0.258 e. The molecule has 2 heterocycles. The molecule has 0 aliphatic carbocycles. The summed E-state index contributed by atoms with van der Waals surface area (Å²) in [5, 5.41) is 0.420. The van der Waals surface area contributed by atoms with Gasteiger partial charge in [-0.3, -0.25) is 4.79 Å². The number of ether oxygens (including phenoxy) is 1. The summed E-state index contributed by atoms with van der Waals surface area (Å²) in [6.07, 6.45) is 1.60. The zero-order chi connectivity index (χ0) is 11.8. The molecule has 0 saturated carbocycles. The quantitative estimate of drug-likeness (QED) is 0.704. The van der Waals surface area contributed by atoms with Crippen LogP contribution in [-0.2, 0) is 9.53 Å². The minimum Gasteiger partial charge on any atom is -0.364 e. The molecule has 1 aromatic rings. The SMILES string of the molecule is CC1(C)OCCN(c2ccc(Cl)nc2)C1=O. The second kappa shape index (κ2) is 4.03. The average Bonchev–Trinajstić information content (AvgIpc) is 2.24. The van der Waals surface area contributed by atoms with Gasteiger partial charge >= 0.3 is 0 Å². The number of amides is 1. The van der Waals surface area contributed by atoms with E-state index in [1.54, 1.807) is 37.1 Å². The highest BCUT2D eigenvalue weighted by Crippen LogP contribution is 2.24. The minimum absolute atomic E-state index is 0.0529. The van der Waals surface area contributed by atoms with Crippen molar-refractivity contribution < 1.29 is 9.53 Å². The van der Waals surface area contributed by atoms with Crippen LogP contribution in [0.25, 0.3) is 0 Å². The number of aromatic nitrogens is 1. The second-order valence-corrected chi connectivity index (χ2v) is 4.54. The van der Waals surface area contributed by atoms with E-state index in [-0.39, 0.29) is 5.91 Å². The van der Waals surface area contributed by atoms with E-state index in [9.17, 15) is 4.79 Å². The van der Waals surface area contributed by atoms with Crippen molar-refractivity contribution in [3.63, 3.8) is 0 Å². The number of hydrogen-bond donors (Lipinski definition) is 0. The van der Waals surface area contributed by atoms with Gasteiger partial charge in [0.1, 0.15) is 10.8 Å². The fourth-order valence-electron chi connectivity index (χ4n) is 1.65. The molecule has 0 unspecified atom stereocenters. The first kappa shape index (κ1) is 11.4. The van der Waals surface area contributed by atoms with Crippen LogP contribution in [0.4, 0.5) is 5.69 Å². The number of rotatable bonds is 1. The molecule has 2 rings (SSSR count). The van der Waals surface area contributed by atoms with Gasteiger partial charge in [0.25, 0.3) is 5.91 Å². The Hall–Kier alpha value is -1.13. The number of halogens is 1. The van der Waals surface area contributed by atoms with Crippen molar-refractivity contribution in [1.29, 1.82) is 0 Å². The Morgan fingerprint density at radius 1 is 1.50 bits per heavy atom. The molecule has 1 aliphatic rings. The Balaban J connectivity index is 2.27. The lowest BCUT2D eigenvalue weighted by molar-refractivity contribution is -0.144. The van der Waals surface area contributed by atoms with Gasteiger partial charge in [0.05, 0.1) is 18.5 Å². The van der Waals surface area contributed by atoms with Crippen molar-refractivity contribution in [2.24, 2.45) is 0 Å². The van der Waals surface area contributed by atoms with Crippen molar-refractivity contribution in [3.8, 4) is 0 Å². The van der Waals surface area contributed by atoms with Gasteiger partial charge in [-0.05, 0) is 26.0 Å². The van der Waals surface area contributed by atoms with Gasteiger partial charge in [0.2, 0.25) is 0 Å². The number of morpholine rings is 1. The number of anilines is 1. The predicted octanol–water partition coefficient (Wildman–Crippen LogP) is 1.88. The fraction of sp³-hybridized carbons (Fsp3) is 0.455. The Morgan fingerprint density at radius 3 is 2.88 bits per heavy atom. The summed E-state index contributed by atoms with van der Waals surface area (Å²) in [4.78, 5) is 17.7. The maximum absolute atomic E-state index is 12.1. The van der Waals surface area contributed by atoms with Crippen molar-refractivity contribution in [3.05, 3.63) is 23.5 Å². The summed E-state index contributed by atoms with van der Waals surface area (Å²) >= 11 is 5.70. The number of carbonyl (C=O) groups is 1. The van der Waals surface area contributed by atoms with E-state index in [1.807, 2.05) is 0 Å². The lowest BCUT2D eigenvalue weighted by Gasteiger charge is -2.36. The standard InChI is InChI=1S/C11H13ClN2O2/c1-11(2)10(15)14(5-6-16-11)8-3-4-9(12)13-7-8/h3-4,7H,5-6H2,1-2H3. The van der Waals surface area contributed by atoms with Gasteiger partial charge in [-0.15, -0.1) is 0 Å². The molecule has 0 aromatic carbocycles. The summed E-state index contributed by atoms with van der Waals surface area (Å²) in [6, 6.07) is 3.46. The Morgan fingerprint density at radius 2 is 2.25 bits per heavy atom. The molecule has 1 saturated heterocycles. The molecular weight excluding hydrogens is 228 g/mol. The van der Waals surface area contributed by atoms with Gasteiger partial charge in [-0.25, -0.2) is 4.98 Å². The van der Waals surface area contributed by atoms with Gasteiger partial charge in [-0.1, -0.05) is 11.6 Å². The van der Waals surface area contributed by atoms with Crippen LogP contribution < -0.4 is 4.90 Å². The monoisotopic (exact) mass is 240 g/mol. The molecule has 5 heteroatoms. The maximum Gasteiger partial charge on any atom is 0.258 e. The summed E-state index contributed by atoms with van der Waals surface area (Å²) in [5.41, 5.74) is -0.0106. The third kappa shape index (κ3) is 2.03. The lowest BCUT2D eigenvalue weighted by atomic mass is 10.1. The van der Waals surface area contributed by atoms with Crippen LogP contribution in [0.3, 0.4) is 0 Å². The van der Waals surface area contributed by atoms with Crippen molar-refractivity contribution >= 4 is 23.2 Å². The summed E-state index contributed by atoms with van der Waals surface area (Å²) < 4.78 is 5.42. The van der Waals surface area contributed by atoms with Crippen LogP contribution >= 0.6 is 11.6 Å². The number of carbonyl (C=O) groups excluding carboxylic acids is 1. The third-order valence-electron chi connectivity index (χ3n) is 2.56. The van der Waals surface area contributed by atoms with E-state index in [0.717, 1.165) is 5.69 Å². The van der Waals surface area contributed by atoms with Gasteiger partial charge in [0, 0.05) is 6.54 Å². The molecule has 0 atom stereocenters. The van der Waals surface area contributed by atoms with Crippen LogP contribution in [-0.4, -0.2) is 29.6 Å². The Bertz CT molecular complexity index is 403. The molecule has 1 aliphatic heterocycles. The van der Waals surface area contributed by atoms with E-state index in [1.165, 1.54) is 0 Å². The minimum atomic E-state index is -0.766. The first-order valence-corrected chi connectivity index (χ1v) is 5.46. The molecule has 4 nitrogen and oxygen atoms in total. The summed E-state index contributed by atoms with van der Waals surface area (Å²) in [7, 11) is 0. The molecule has 0 N–H and O–H groups in total. The molecular formula is C11H13ClN2O2. The van der Waals surface area contributed by atoms with E-state index < -0.39 is 5.60 Å². The molecule has 0 spiro atoms. The Kier molecular flexibility index (Phi) is 2.86. The summed E-state index contributed by atoms with van der Waals surface area (Å²) in [5.74, 6) is -0.0529. The first-order chi connectivity index (χ1) is 7.50. The van der Waals surface area contributed by atoms with E-state index in [2.05, 4.69) is 4.98 Å². The van der Waals surface area contributed by atoms with Crippen LogP contribution in [0.5, 0.6) is 0 Å². The largest absolute Gasteiger partial charge is 0.364 e. The lowest BCUT2D eigenvalue weighted by Crippen LogP contribution is -2.53. The maximum atomic E-state index is 12.1. The van der Waals surface area contributed by atoms with Crippen molar-refractivity contribution in [2.75, 3.05) is 18.1 Å². The highest BCUT2D eigenvalue weighted by Gasteiger charge is 2.37.